The van der Waals surface area contributed by atoms with Crippen LogP contribution in [0.1, 0.15) is 31.2 Å². The number of aromatic nitrogens is 2. The predicted molar refractivity (Wildman–Crippen MR) is 82.2 cm³/mol. The van der Waals surface area contributed by atoms with Gasteiger partial charge in [0.05, 0.1) is 0 Å². The molecule has 0 aliphatic heterocycles. The lowest BCUT2D eigenvalue weighted by Gasteiger charge is -2.29. The molecule has 3 N–H and O–H groups in total. The molecule has 1 amide bonds. The molecular weight excluding hydrogens is 327 g/mol. The Morgan fingerprint density at radius 3 is 2.33 bits per heavy atom. The molecule has 0 spiro atoms. The highest BCUT2D eigenvalue weighted by atomic mass is 19.4. The van der Waals surface area contributed by atoms with Gasteiger partial charge in [-0.15, -0.1) is 0 Å². The van der Waals surface area contributed by atoms with E-state index in [9.17, 15) is 18.0 Å². The second kappa shape index (κ2) is 7.10. The molecule has 24 heavy (non-hydrogen) atoms. The van der Waals surface area contributed by atoms with Crippen molar-refractivity contribution >= 4 is 17.9 Å². The lowest BCUT2D eigenvalue weighted by Crippen LogP contribution is -2.39. The summed E-state index contributed by atoms with van der Waals surface area (Å²) in [6.45, 7) is 0. The first kappa shape index (κ1) is 18.1. The third-order valence-corrected chi connectivity index (χ3v) is 3.89. The number of carboxylic acid groups (broad SMARTS) is 1. The van der Waals surface area contributed by atoms with Crippen LogP contribution in [0.15, 0.2) is 6.20 Å². The van der Waals surface area contributed by atoms with Crippen molar-refractivity contribution in [3.8, 4) is 0 Å². The Kier molecular flexibility index (Phi) is 5.35. The van der Waals surface area contributed by atoms with Crippen LogP contribution in [0.4, 0.5) is 29.7 Å². The molecule has 1 aromatic rings. The van der Waals surface area contributed by atoms with Crippen molar-refractivity contribution in [3.63, 3.8) is 0 Å². The van der Waals surface area contributed by atoms with Crippen molar-refractivity contribution in [1.29, 1.82) is 0 Å². The average Bonchev–Trinajstić information content (AvgIpc) is 2.47. The molecule has 0 unspecified atom stereocenters. The van der Waals surface area contributed by atoms with Crippen molar-refractivity contribution in [2.45, 2.75) is 43.9 Å². The summed E-state index contributed by atoms with van der Waals surface area (Å²) in [5.41, 5.74) is -0.882. The molecule has 2 rings (SSSR count). The number of anilines is 2. The Morgan fingerprint density at radius 2 is 1.83 bits per heavy atom. The van der Waals surface area contributed by atoms with Crippen LogP contribution in [0.2, 0.25) is 0 Å². The van der Waals surface area contributed by atoms with E-state index in [1.165, 1.54) is 19.0 Å². The number of rotatable bonds is 4. The van der Waals surface area contributed by atoms with Crippen LogP contribution in [0.25, 0.3) is 0 Å². The molecule has 134 valence electrons. The number of hydrogen-bond acceptors (Lipinski definition) is 5. The highest BCUT2D eigenvalue weighted by molar-refractivity contribution is 5.64. The fraction of sp³-hybridized carbons (Fsp3) is 0.643. The summed E-state index contributed by atoms with van der Waals surface area (Å²) in [7, 11) is 2.98. The minimum absolute atomic E-state index is 0.00333. The quantitative estimate of drug-likeness (QED) is 0.775. The van der Waals surface area contributed by atoms with Crippen molar-refractivity contribution in [2.24, 2.45) is 0 Å². The van der Waals surface area contributed by atoms with Gasteiger partial charge in [-0.25, -0.2) is 9.78 Å². The van der Waals surface area contributed by atoms with Crippen molar-refractivity contribution in [2.75, 3.05) is 24.3 Å². The van der Waals surface area contributed by atoms with Gasteiger partial charge in [0.2, 0.25) is 5.95 Å². The summed E-state index contributed by atoms with van der Waals surface area (Å²) in [5.74, 6) is -0.0532. The Morgan fingerprint density at radius 1 is 1.25 bits per heavy atom. The Bertz CT molecular complexity index is 586. The van der Waals surface area contributed by atoms with Gasteiger partial charge < -0.3 is 20.6 Å². The molecule has 0 saturated heterocycles. The topological polar surface area (TPSA) is 90.4 Å². The number of halogens is 3. The van der Waals surface area contributed by atoms with Gasteiger partial charge in [-0.3, -0.25) is 0 Å². The SMILES string of the molecule is CN(C)c1nc(NC2CCC(NC(=O)O)CC2)ncc1C(F)(F)F. The van der Waals surface area contributed by atoms with Crippen LogP contribution in [-0.2, 0) is 6.18 Å². The maximum atomic E-state index is 13.0. The molecule has 10 heteroatoms. The van der Waals surface area contributed by atoms with Gasteiger partial charge in [-0.05, 0) is 25.7 Å². The second-order valence-electron chi connectivity index (χ2n) is 5.97. The van der Waals surface area contributed by atoms with E-state index >= 15 is 0 Å². The molecule has 1 aliphatic carbocycles. The van der Waals surface area contributed by atoms with Gasteiger partial charge >= 0.3 is 12.3 Å². The normalized spacial score (nSPS) is 21.2. The van der Waals surface area contributed by atoms with Crippen molar-refractivity contribution < 1.29 is 23.1 Å². The lowest BCUT2D eigenvalue weighted by atomic mass is 9.91. The van der Waals surface area contributed by atoms with Gasteiger partial charge in [-0.2, -0.15) is 18.2 Å². The molecule has 1 heterocycles. The highest BCUT2D eigenvalue weighted by Gasteiger charge is 2.36. The maximum Gasteiger partial charge on any atom is 0.421 e. The van der Waals surface area contributed by atoms with E-state index in [1.54, 1.807) is 0 Å². The van der Waals surface area contributed by atoms with E-state index in [0.717, 1.165) is 6.20 Å². The first-order valence-electron chi connectivity index (χ1n) is 7.54. The standard InChI is InChI=1S/C14H20F3N5O2/c1-22(2)11-10(14(15,16)17)7-18-12(21-11)19-8-3-5-9(6-4-8)20-13(23)24/h7-9,20H,3-6H2,1-2H3,(H,23,24)(H,18,19,21). The van der Waals surface area contributed by atoms with E-state index in [-0.39, 0.29) is 23.8 Å². The first-order chi connectivity index (χ1) is 11.2. The minimum atomic E-state index is -4.52. The molecule has 0 atom stereocenters. The number of nitrogens with one attached hydrogen (secondary N) is 2. The molecule has 1 aromatic heterocycles. The summed E-state index contributed by atoms with van der Waals surface area (Å²) in [6, 6.07) is -0.0880. The smallest absolute Gasteiger partial charge is 0.421 e. The monoisotopic (exact) mass is 347 g/mol. The third kappa shape index (κ3) is 4.62. The van der Waals surface area contributed by atoms with Gasteiger partial charge in [0, 0.05) is 32.4 Å². The number of amides is 1. The van der Waals surface area contributed by atoms with E-state index in [0.29, 0.717) is 25.7 Å². The summed E-state index contributed by atoms with van der Waals surface area (Å²) < 4.78 is 38.9. The molecule has 1 aliphatic rings. The van der Waals surface area contributed by atoms with Crippen molar-refractivity contribution in [1.82, 2.24) is 15.3 Å². The zero-order valence-electron chi connectivity index (χ0n) is 13.4. The number of hydrogen-bond donors (Lipinski definition) is 3. The zero-order chi connectivity index (χ0) is 17.9. The molecule has 0 bridgehead atoms. The van der Waals surface area contributed by atoms with E-state index in [4.69, 9.17) is 5.11 Å². The molecule has 7 nitrogen and oxygen atoms in total. The first-order valence-corrected chi connectivity index (χ1v) is 7.54. The van der Waals surface area contributed by atoms with Gasteiger partial charge in [0.25, 0.3) is 0 Å². The third-order valence-electron chi connectivity index (χ3n) is 3.89. The fourth-order valence-electron chi connectivity index (χ4n) is 2.72. The summed E-state index contributed by atoms with van der Waals surface area (Å²) in [6.07, 6.45) is -2.09. The Hall–Kier alpha value is -2.26. The van der Waals surface area contributed by atoms with Crippen LogP contribution < -0.4 is 15.5 Å². The summed E-state index contributed by atoms with van der Waals surface area (Å²) in [5, 5.41) is 14.2. The summed E-state index contributed by atoms with van der Waals surface area (Å²) in [4.78, 5) is 19.7. The van der Waals surface area contributed by atoms with Crippen LogP contribution in [0.3, 0.4) is 0 Å². The number of nitrogens with zero attached hydrogens (tertiary/aromatic N) is 3. The largest absolute Gasteiger partial charge is 0.465 e. The molecule has 1 saturated carbocycles. The molecule has 0 aromatic carbocycles. The van der Waals surface area contributed by atoms with Crippen LogP contribution in [0.5, 0.6) is 0 Å². The summed E-state index contributed by atoms with van der Waals surface area (Å²) >= 11 is 0. The molecule has 0 radical (unpaired) electrons. The maximum absolute atomic E-state index is 13.0. The van der Waals surface area contributed by atoms with Gasteiger partial charge in [-0.1, -0.05) is 0 Å². The fourth-order valence-corrected chi connectivity index (χ4v) is 2.72. The van der Waals surface area contributed by atoms with E-state index in [1.807, 2.05) is 0 Å². The van der Waals surface area contributed by atoms with Gasteiger partial charge in [0.15, 0.2) is 0 Å². The van der Waals surface area contributed by atoms with Crippen molar-refractivity contribution in [3.05, 3.63) is 11.8 Å². The van der Waals surface area contributed by atoms with Crippen LogP contribution in [-0.4, -0.2) is 47.3 Å². The molecular formula is C14H20F3N5O2. The van der Waals surface area contributed by atoms with E-state index in [2.05, 4.69) is 20.6 Å². The molecule has 1 fully saturated rings. The average molecular weight is 347 g/mol. The van der Waals surface area contributed by atoms with Gasteiger partial charge in [0.1, 0.15) is 11.4 Å². The zero-order valence-corrected chi connectivity index (χ0v) is 13.4. The highest BCUT2D eigenvalue weighted by Crippen LogP contribution is 2.35. The second-order valence-corrected chi connectivity index (χ2v) is 5.97. The predicted octanol–water partition coefficient (Wildman–Crippen LogP) is 2.55. The number of carbonyl (C=O) groups is 1. The Balaban J connectivity index is 2.04. The number of alkyl halides is 3. The Labute approximate surface area is 137 Å². The van der Waals surface area contributed by atoms with Crippen LogP contribution >= 0.6 is 0 Å². The lowest BCUT2D eigenvalue weighted by molar-refractivity contribution is -0.137. The minimum Gasteiger partial charge on any atom is -0.465 e. The van der Waals surface area contributed by atoms with Crippen LogP contribution in [0, 0.1) is 0 Å². The van der Waals surface area contributed by atoms with E-state index < -0.39 is 17.8 Å².